The van der Waals surface area contributed by atoms with Crippen molar-refractivity contribution in [2.24, 2.45) is 0 Å². The number of amides is 1. The zero-order valence-corrected chi connectivity index (χ0v) is 18.0. The van der Waals surface area contributed by atoms with E-state index < -0.39 is 0 Å². The molecule has 6 heteroatoms. The van der Waals surface area contributed by atoms with E-state index in [2.05, 4.69) is 37.9 Å². The molecule has 1 aromatic rings. The van der Waals surface area contributed by atoms with Crippen LogP contribution >= 0.6 is 31.9 Å². The summed E-state index contributed by atoms with van der Waals surface area (Å²) in [6.45, 7) is 5.17. The molecule has 3 nitrogen and oxygen atoms in total. The van der Waals surface area contributed by atoms with Crippen LogP contribution in [0.4, 0.5) is 0 Å². The molecule has 1 aromatic carbocycles. The van der Waals surface area contributed by atoms with E-state index in [1.54, 1.807) is 4.90 Å². The molecule has 1 aliphatic rings. The number of allylic oxidation sites excluding steroid dienone is 1. The smallest absolute Gasteiger partial charge is 0.236 e. The molecule has 0 aromatic heterocycles. The van der Waals surface area contributed by atoms with Gasteiger partial charge in [0.15, 0.2) is 0 Å². The van der Waals surface area contributed by atoms with Crippen LogP contribution in [0.2, 0.25) is 0 Å². The number of nitrogens with zero attached hydrogens (tertiary/aromatic N) is 1. The molecule has 1 atom stereocenters. The fourth-order valence-corrected chi connectivity index (χ4v) is 3.10. The van der Waals surface area contributed by atoms with Gasteiger partial charge in [0.1, 0.15) is 5.75 Å². The normalized spacial score (nSPS) is 18.1. The topological polar surface area (TPSA) is 29.5 Å². The van der Waals surface area contributed by atoms with Gasteiger partial charge in [-0.25, -0.2) is 6.08 Å². The third-order valence-corrected chi connectivity index (χ3v) is 4.45. The Bertz CT molecular complexity index is 548. The Morgan fingerprint density at radius 2 is 2.14 bits per heavy atom. The van der Waals surface area contributed by atoms with E-state index in [4.69, 9.17) is 4.74 Å². The van der Waals surface area contributed by atoms with E-state index in [-0.39, 0.29) is 43.4 Å². The van der Waals surface area contributed by atoms with Crippen molar-refractivity contribution in [2.45, 2.75) is 25.1 Å². The van der Waals surface area contributed by atoms with Gasteiger partial charge in [-0.2, -0.15) is 0 Å². The van der Waals surface area contributed by atoms with Crippen molar-refractivity contribution in [3.8, 4) is 5.75 Å². The van der Waals surface area contributed by atoms with Crippen LogP contribution in [0, 0.1) is 6.08 Å². The Morgan fingerprint density at radius 3 is 2.71 bits per heavy atom. The van der Waals surface area contributed by atoms with E-state index in [0.29, 0.717) is 19.6 Å². The summed E-state index contributed by atoms with van der Waals surface area (Å²) in [4.78, 5) is 13.8. The van der Waals surface area contributed by atoms with Crippen molar-refractivity contribution in [3.63, 3.8) is 0 Å². The van der Waals surface area contributed by atoms with Gasteiger partial charge < -0.3 is 9.64 Å². The molecule has 0 spiro atoms. The third kappa shape index (κ3) is 4.40. The Balaban J connectivity index is 0.00000220. The zero-order valence-electron chi connectivity index (χ0n) is 12.0. The van der Waals surface area contributed by atoms with Gasteiger partial charge in [-0.15, -0.1) is 17.3 Å². The second-order valence-corrected chi connectivity index (χ2v) is 6.31. The first-order chi connectivity index (χ1) is 9.58. The van der Waals surface area contributed by atoms with Crippen LogP contribution in [0.1, 0.15) is 25.8 Å². The summed E-state index contributed by atoms with van der Waals surface area (Å²) in [7, 11) is 0. The SMILES string of the molecule is CCOc1ccc(C2=[C-]CC(Br)C(=O)N2CC)c(Br)c1.[Y]. The maximum absolute atomic E-state index is 12.2. The Labute approximate surface area is 167 Å². The maximum atomic E-state index is 12.2. The number of rotatable bonds is 4. The molecule has 2 rings (SSSR count). The molecule has 0 aliphatic carbocycles. The molecular weight excluding hydrogens is 475 g/mol. The average Bonchev–Trinajstić information content (AvgIpc) is 2.43. The van der Waals surface area contributed by atoms with Crippen LogP contribution in [0.5, 0.6) is 5.75 Å². The summed E-state index contributed by atoms with van der Waals surface area (Å²) in [5, 5.41) is 0. The average molecular weight is 491 g/mol. The number of hydrogen-bond donors (Lipinski definition) is 0. The number of alkyl halides is 1. The molecule has 1 unspecified atom stereocenters. The summed E-state index contributed by atoms with van der Waals surface area (Å²) in [5.74, 6) is 0.898. The Hall–Kier alpha value is 0.294. The molecule has 21 heavy (non-hydrogen) atoms. The van der Waals surface area contributed by atoms with E-state index in [1.165, 1.54) is 0 Å². The van der Waals surface area contributed by atoms with E-state index >= 15 is 0 Å². The van der Waals surface area contributed by atoms with Gasteiger partial charge in [-0.05, 0) is 26.0 Å². The standard InChI is InChI=1S/C15H16Br2NO2.Y/c1-3-18-14(8-7-12(16)15(18)19)11-6-5-10(20-4-2)9-13(11)17;/h5-6,9,12H,3-4,7H2,1-2H3;/q-1;. The van der Waals surface area contributed by atoms with Crippen molar-refractivity contribution < 1.29 is 42.2 Å². The van der Waals surface area contributed by atoms with Gasteiger partial charge in [-0.3, -0.25) is 4.79 Å². The van der Waals surface area contributed by atoms with E-state index in [0.717, 1.165) is 21.5 Å². The number of carbonyl (C=O) groups is 1. The molecular formula is C15H16Br2NO2Y-. The zero-order chi connectivity index (χ0) is 14.7. The maximum Gasteiger partial charge on any atom is 0.236 e. The molecule has 1 heterocycles. The first kappa shape index (κ1) is 19.3. The molecule has 0 saturated carbocycles. The van der Waals surface area contributed by atoms with Crippen LogP contribution in [0.25, 0.3) is 5.70 Å². The van der Waals surface area contributed by atoms with Crippen LogP contribution in [0.3, 0.4) is 0 Å². The summed E-state index contributed by atoms with van der Waals surface area (Å²) in [6.07, 6.45) is 3.90. The van der Waals surface area contributed by atoms with Gasteiger partial charge in [0, 0.05) is 39.3 Å². The second kappa shape index (κ2) is 8.80. The third-order valence-electron chi connectivity index (χ3n) is 3.08. The van der Waals surface area contributed by atoms with Crippen molar-refractivity contribution in [1.82, 2.24) is 4.90 Å². The van der Waals surface area contributed by atoms with E-state index in [1.807, 2.05) is 32.0 Å². The van der Waals surface area contributed by atoms with Crippen molar-refractivity contribution in [1.29, 1.82) is 0 Å². The van der Waals surface area contributed by atoms with Crippen LogP contribution in [0.15, 0.2) is 22.7 Å². The van der Waals surface area contributed by atoms with E-state index in [9.17, 15) is 4.79 Å². The Morgan fingerprint density at radius 1 is 1.43 bits per heavy atom. The second-order valence-electron chi connectivity index (χ2n) is 4.35. The first-order valence-corrected chi connectivity index (χ1v) is 8.28. The van der Waals surface area contributed by atoms with Crippen LogP contribution in [-0.4, -0.2) is 28.8 Å². The minimum Gasteiger partial charge on any atom is -0.494 e. The summed E-state index contributed by atoms with van der Waals surface area (Å²) in [6, 6.07) is 5.80. The number of carbonyl (C=O) groups excluding carboxylic acids is 1. The van der Waals surface area contributed by atoms with Gasteiger partial charge in [0.2, 0.25) is 5.91 Å². The molecule has 0 fully saturated rings. The molecule has 0 saturated heterocycles. The molecule has 111 valence electrons. The van der Waals surface area contributed by atoms with Crippen molar-refractivity contribution in [3.05, 3.63) is 34.3 Å². The van der Waals surface area contributed by atoms with Crippen molar-refractivity contribution in [2.75, 3.05) is 13.2 Å². The number of benzene rings is 1. The molecule has 1 amide bonds. The first-order valence-electron chi connectivity index (χ1n) is 6.57. The molecule has 0 N–H and O–H groups in total. The molecule has 0 bridgehead atoms. The summed E-state index contributed by atoms with van der Waals surface area (Å²) < 4.78 is 6.38. The largest absolute Gasteiger partial charge is 0.494 e. The monoisotopic (exact) mass is 489 g/mol. The van der Waals surface area contributed by atoms with Gasteiger partial charge in [-0.1, -0.05) is 42.8 Å². The molecule has 1 radical (unpaired) electrons. The minimum absolute atomic E-state index is 0. The van der Waals surface area contributed by atoms with Gasteiger partial charge >= 0.3 is 0 Å². The fourth-order valence-electron chi connectivity index (χ4n) is 2.15. The predicted molar refractivity (Wildman–Crippen MR) is 86.7 cm³/mol. The van der Waals surface area contributed by atoms with Gasteiger partial charge in [0.05, 0.1) is 11.4 Å². The number of halogens is 2. The number of ether oxygens (including phenoxy) is 1. The van der Waals surface area contributed by atoms with Crippen LogP contribution in [-0.2, 0) is 37.5 Å². The fraction of sp³-hybridized carbons (Fsp3) is 0.400. The van der Waals surface area contributed by atoms with Crippen molar-refractivity contribution >= 4 is 43.5 Å². The minimum atomic E-state index is -0.173. The Kier molecular flexibility index (Phi) is 8.11. The predicted octanol–water partition coefficient (Wildman–Crippen LogP) is 4.01. The summed E-state index contributed by atoms with van der Waals surface area (Å²) >= 11 is 6.94. The van der Waals surface area contributed by atoms with Gasteiger partial charge in [0.25, 0.3) is 0 Å². The molecule has 1 aliphatic heterocycles. The van der Waals surface area contributed by atoms with Crippen LogP contribution < -0.4 is 4.74 Å². The number of hydrogen-bond acceptors (Lipinski definition) is 2. The summed E-state index contributed by atoms with van der Waals surface area (Å²) in [5.41, 5.74) is 1.80. The quantitative estimate of drug-likeness (QED) is 0.471.